The Morgan fingerprint density at radius 1 is 1.07 bits per heavy atom. The number of rotatable bonds is 6. The van der Waals surface area contributed by atoms with E-state index in [1.807, 2.05) is 13.8 Å². The van der Waals surface area contributed by atoms with Gasteiger partial charge in [-0.2, -0.15) is 0 Å². The highest BCUT2D eigenvalue weighted by atomic mass is 32.2. The fourth-order valence-corrected chi connectivity index (χ4v) is 5.28. The van der Waals surface area contributed by atoms with Crippen molar-refractivity contribution < 1.29 is 22.4 Å². The van der Waals surface area contributed by atoms with E-state index in [-0.39, 0.29) is 4.90 Å². The summed E-state index contributed by atoms with van der Waals surface area (Å²) < 4.78 is 44.1. The number of nitrogens with zero attached hydrogens (tertiary/aromatic N) is 1. The van der Waals surface area contributed by atoms with E-state index in [0.29, 0.717) is 27.8 Å². The van der Waals surface area contributed by atoms with Gasteiger partial charge in [-0.25, -0.2) is 8.42 Å². The van der Waals surface area contributed by atoms with Crippen LogP contribution >= 0.6 is 11.3 Å². The van der Waals surface area contributed by atoms with Crippen LogP contribution in [0.4, 0.5) is 5.69 Å². The Morgan fingerprint density at radius 2 is 1.78 bits per heavy atom. The summed E-state index contributed by atoms with van der Waals surface area (Å²) in [7, 11) is -0.768. The number of anilines is 1. The molecule has 0 amide bonds. The van der Waals surface area contributed by atoms with Crippen LogP contribution in [0, 0.1) is 20.8 Å². The molecule has 0 atom stereocenters. The highest BCUT2D eigenvalue weighted by Gasteiger charge is 2.23. The smallest absolute Gasteiger partial charge is 0.263 e. The number of benzene rings is 1. The molecular formula is C18H20N2O5S2. The highest BCUT2D eigenvalue weighted by molar-refractivity contribution is 7.93. The van der Waals surface area contributed by atoms with Crippen molar-refractivity contribution in [3.05, 3.63) is 40.4 Å². The van der Waals surface area contributed by atoms with Gasteiger partial charge in [0.25, 0.3) is 10.0 Å². The Bertz CT molecular complexity index is 1080. The number of methoxy groups -OCH3 is 2. The molecule has 2 heterocycles. The van der Waals surface area contributed by atoms with Crippen LogP contribution in [0.5, 0.6) is 11.5 Å². The average Bonchev–Trinajstić information content (AvgIpc) is 3.18. The SMILES string of the molecule is COc1ccc(NS(=O)(=O)c2cc(-c3onc(C)c3C)sc2C)cc1OC. The maximum Gasteiger partial charge on any atom is 0.263 e. The number of nitrogens with one attached hydrogen (secondary N) is 1. The summed E-state index contributed by atoms with van der Waals surface area (Å²) in [4.78, 5) is 1.58. The minimum absolute atomic E-state index is 0.200. The second-order valence-electron chi connectivity index (χ2n) is 5.93. The minimum atomic E-state index is -3.78. The van der Waals surface area contributed by atoms with Crippen LogP contribution in [0.15, 0.2) is 33.7 Å². The molecule has 1 N–H and O–H groups in total. The van der Waals surface area contributed by atoms with Gasteiger partial charge < -0.3 is 14.0 Å². The molecule has 9 heteroatoms. The van der Waals surface area contributed by atoms with Gasteiger partial charge in [-0.3, -0.25) is 4.72 Å². The number of aromatic nitrogens is 1. The second kappa shape index (κ2) is 7.24. The zero-order chi connectivity index (χ0) is 19.8. The molecule has 3 rings (SSSR count). The zero-order valence-corrected chi connectivity index (χ0v) is 17.2. The molecule has 2 aromatic heterocycles. The monoisotopic (exact) mass is 408 g/mol. The number of thiophene rings is 1. The molecule has 144 valence electrons. The first-order valence-corrected chi connectivity index (χ1v) is 10.3. The van der Waals surface area contributed by atoms with Crippen molar-refractivity contribution in [2.24, 2.45) is 0 Å². The number of hydrogen-bond acceptors (Lipinski definition) is 7. The van der Waals surface area contributed by atoms with E-state index in [1.165, 1.54) is 25.6 Å². The summed E-state index contributed by atoms with van der Waals surface area (Å²) in [6, 6.07) is 6.44. The van der Waals surface area contributed by atoms with Crippen molar-refractivity contribution >= 4 is 27.0 Å². The molecule has 0 bridgehead atoms. The topological polar surface area (TPSA) is 90.7 Å². The molecule has 0 aliphatic rings. The van der Waals surface area contributed by atoms with E-state index in [4.69, 9.17) is 14.0 Å². The van der Waals surface area contributed by atoms with Crippen LogP contribution in [0.25, 0.3) is 10.6 Å². The standard InChI is InChI=1S/C18H20N2O5S2/c1-10-11(2)19-25-18(10)16-9-17(12(3)26-16)27(21,22)20-13-6-7-14(23-4)15(8-13)24-5/h6-9,20H,1-5H3. The quantitative estimate of drug-likeness (QED) is 0.659. The van der Waals surface area contributed by atoms with Crippen molar-refractivity contribution in [1.82, 2.24) is 5.16 Å². The van der Waals surface area contributed by atoms with E-state index < -0.39 is 10.0 Å². The van der Waals surface area contributed by atoms with Crippen LogP contribution in [0.2, 0.25) is 0 Å². The molecule has 1 aromatic carbocycles. The van der Waals surface area contributed by atoms with Crippen LogP contribution in [0.1, 0.15) is 16.1 Å². The fraction of sp³-hybridized carbons (Fsp3) is 0.278. The summed E-state index contributed by atoms with van der Waals surface area (Å²) in [5.74, 6) is 1.55. The molecule has 0 aliphatic carbocycles. The van der Waals surface area contributed by atoms with E-state index in [2.05, 4.69) is 9.88 Å². The van der Waals surface area contributed by atoms with Crippen LogP contribution < -0.4 is 14.2 Å². The van der Waals surface area contributed by atoms with Crippen molar-refractivity contribution in [3.63, 3.8) is 0 Å². The van der Waals surface area contributed by atoms with Crippen LogP contribution in [-0.4, -0.2) is 27.8 Å². The average molecular weight is 409 g/mol. The van der Waals surface area contributed by atoms with Crippen molar-refractivity contribution in [2.45, 2.75) is 25.7 Å². The molecule has 0 fully saturated rings. The first kappa shape index (κ1) is 19.2. The van der Waals surface area contributed by atoms with E-state index >= 15 is 0 Å². The van der Waals surface area contributed by atoms with Crippen molar-refractivity contribution in [3.8, 4) is 22.1 Å². The van der Waals surface area contributed by atoms with Gasteiger partial charge in [-0.15, -0.1) is 11.3 Å². The summed E-state index contributed by atoms with van der Waals surface area (Å²) in [5.41, 5.74) is 2.06. The maximum atomic E-state index is 12.9. The summed E-state index contributed by atoms with van der Waals surface area (Å²) >= 11 is 1.35. The van der Waals surface area contributed by atoms with Crippen LogP contribution in [0.3, 0.4) is 0 Å². The maximum absolute atomic E-state index is 12.9. The molecule has 7 nitrogen and oxygen atoms in total. The molecule has 0 saturated heterocycles. The lowest BCUT2D eigenvalue weighted by Crippen LogP contribution is -2.13. The molecule has 0 spiro atoms. The lowest BCUT2D eigenvalue weighted by Gasteiger charge is -2.11. The Hall–Kier alpha value is -2.52. The molecule has 0 aliphatic heterocycles. The number of ether oxygens (including phenoxy) is 2. The molecular weight excluding hydrogens is 388 g/mol. The molecule has 0 unspecified atom stereocenters. The van der Waals surface area contributed by atoms with E-state index in [1.54, 1.807) is 31.2 Å². The fourth-order valence-electron chi connectivity index (χ4n) is 2.60. The molecule has 0 saturated carbocycles. The van der Waals surface area contributed by atoms with Gasteiger partial charge in [0.2, 0.25) is 0 Å². The first-order chi connectivity index (χ1) is 12.8. The van der Waals surface area contributed by atoms with Crippen LogP contribution in [-0.2, 0) is 10.0 Å². The Morgan fingerprint density at radius 3 is 2.37 bits per heavy atom. The number of sulfonamides is 1. The zero-order valence-electron chi connectivity index (χ0n) is 15.6. The summed E-state index contributed by atoms with van der Waals surface area (Å²) in [6.45, 7) is 5.50. The molecule has 3 aromatic rings. The third-order valence-corrected chi connectivity index (χ3v) is 6.86. The van der Waals surface area contributed by atoms with Gasteiger partial charge in [0, 0.05) is 16.5 Å². The Labute approximate surface area is 162 Å². The minimum Gasteiger partial charge on any atom is -0.493 e. The summed E-state index contributed by atoms with van der Waals surface area (Å²) in [5, 5.41) is 3.94. The lowest BCUT2D eigenvalue weighted by molar-refractivity contribution is 0.355. The highest BCUT2D eigenvalue weighted by Crippen LogP contribution is 2.37. The van der Waals surface area contributed by atoms with Gasteiger partial charge >= 0.3 is 0 Å². The summed E-state index contributed by atoms with van der Waals surface area (Å²) in [6.07, 6.45) is 0. The second-order valence-corrected chi connectivity index (χ2v) is 8.84. The first-order valence-electron chi connectivity index (χ1n) is 8.05. The number of hydrogen-bond donors (Lipinski definition) is 1. The number of aryl methyl sites for hydroxylation is 2. The van der Waals surface area contributed by atoms with Gasteiger partial charge in [-0.05, 0) is 39.0 Å². The van der Waals surface area contributed by atoms with Crippen molar-refractivity contribution in [1.29, 1.82) is 0 Å². The third-order valence-electron chi connectivity index (χ3n) is 4.18. The predicted octanol–water partition coefficient (Wildman–Crippen LogP) is 4.15. The van der Waals surface area contributed by atoms with E-state index in [0.717, 1.165) is 16.1 Å². The molecule has 27 heavy (non-hydrogen) atoms. The Balaban J connectivity index is 1.95. The van der Waals surface area contributed by atoms with Gasteiger partial charge in [-0.1, -0.05) is 5.16 Å². The largest absolute Gasteiger partial charge is 0.493 e. The third kappa shape index (κ3) is 3.65. The Kier molecular flexibility index (Phi) is 5.16. The normalized spacial score (nSPS) is 11.4. The molecule has 0 radical (unpaired) electrons. The predicted molar refractivity (Wildman–Crippen MR) is 104 cm³/mol. The van der Waals surface area contributed by atoms with Gasteiger partial charge in [0.1, 0.15) is 4.90 Å². The van der Waals surface area contributed by atoms with Gasteiger partial charge in [0.15, 0.2) is 17.3 Å². The lowest BCUT2D eigenvalue weighted by atomic mass is 10.2. The van der Waals surface area contributed by atoms with E-state index in [9.17, 15) is 8.42 Å². The van der Waals surface area contributed by atoms with Gasteiger partial charge in [0.05, 0.1) is 30.5 Å². The van der Waals surface area contributed by atoms with Crippen molar-refractivity contribution in [2.75, 3.05) is 18.9 Å².